The van der Waals surface area contributed by atoms with E-state index in [1.54, 1.807) is 43.5 Å². The first-order chi connectivity index (χ1) is 13.1. The largest absolute Gasteiger partial charge is 0.385 e. The van der Waals surface area contributed by atoms with Crippen LogP contribution in [-0.4, -0.2) is 67.9 Å². The number of methoxy groups -OCH3 is 1. The Bertz CT molecular complexity index is 704. The molecule has 0 unspecified atom stereocenters. The molecule has 2 N–H and O–H groups in total. The fraction of sp³-hybridized carbons (Fsp3) is 0.474. The van der Waals surface area contributed by atoms with Gasteiger partial charge in [-0.1, -0.05) is 6.07 Å². The molecule has 2 aromatic rings. The Kier molecular flexibility index (Phi) is 8.73. The van der Waals surface area contributed by atoms with Crippen LogP contribution >= 0.6 is 0 Å². The number of rotatable bonds is 10. The zero-order chi connectivity index (χ0) is 19.5. The number of nitrogens with zero attached hydrogens (tertiary/aromatic N) is 4. The Labute approximate surface area is 160 Å². The van der Waals surface area contributed by atoms with Crippen molar-refractivity contribution in [3.8, 4) is 5.69 Å². The average molecular weight is 376 g/mol. The van der Waals surface area contributed by atoms with Crippen LogP contribution in [-0.2, 0) is 11.3 Å². The monoisotopic (exact) mass is 376 g/mol. The van der Waals surface area contributed by atoms with Crippen molar-refractivity contribution >= 4 is 5.96 Å². The Morgan fingerprint density at radius 3 is 2.85 bits per heavy atom. The zero-order valence-corrected chi connectivity index (χ0v) is 16.3. The summed E-state index contributed by atoms with van der Waals surface area (Å²) in [7, 11) is 5.52. The SMILES string of the molecule is CN=C(NCCN(C)CCCOC)NCc1ccc(-n2ccnc2)c(F)c1. The lowest BCUT2D eigenvalue weighted by atomic mass is 10.2. The molecule has 0 radical (unpaired) electrons. The lowest BCUT2D eigenvalue weighted by molar-refractivity contribution is 0.180. The van der Waals surface area contributed by atoms with E-state index in [0.29, 0.717) is 18.2 Å². The van der Waals surface area contributed by atoms with Gasteiger partial charge >= 0.3 is 0 Å². The third-order valence-corrected chi connectivity index (χ3v) is 4.15. The van der Waals surface area contributed by atoms with Crippen molar-refractivity contribution in [3.63, 3.8) is 0 Å². The minimum Gasteiger partial charge on any atom is -0.385 e. The molecule has 8 heteroatoms. The van der Waals surface area contributed by atoms with Gasteiger partial charge in [0.1, 0.15) is 5.82 Å². The van der Waals surface area contributed by atoms with Gasteiger partial charge in [0, 0.05) is 59.3 Å². The minimum atomic E-state index is -0.284. The highest BCUT2D eigenvalue weighted by atomic mass is 19.1. The maximum atomic E-state index is 14.3. The predicted molar refractivity (Wildman–Crippen MR) is 106 cm³/mol. The number of aliphatic imine (C=N–C) groups is 1. The first-order valence-electron chi connectivity index (χ1n) is 9.02. The number of aromatic nitrogens is 2. The normalized spacial score (nSPS) is 11.8. The number of imidazole rings is 1. The number of likely N-dealkylation sites (N-methyl/N-ethyl adjacent to an activating group) is 1. The summed E-state index contributed by atoms with van der Waals surface area (Å²) in [5.41, 5.74) is 1.33. The standard InChI is InChI=1S/C19H29FN6O/c1-21-19(23-8-10-25(2)9-4-12-27-3)24-14-16-5-6-18(17(20)13-16)26-11-7-22-15-26/h5-7,11,13,15H,4,8-10,12,14H2,1-3H3,(H2,21,23,24). The first-order valence-corrected chi connectivity index (χ1v) is 9.02. The highest BCUT2D eigenvalue weighted by Crippen LogP contribution is 2.14. The molecule has 2 rings (SSSR count). The van der Waals surface area contributed by atoms with Crippen LogP contribution in [0.3, 0.4) is 0 Å². The highest BCUT2D eigenvalue weighted by molar-refractivity contribution is 5.79. The molecule has 1 aromatic carbocycles. The third kappa shape index (κ3) is 6.99. The number of nitrogens with one attached hydrogen (secondary N) is 2. The van der Waals surface area contributed by atoms with Gasteiger partial charge in [-0.2, -0.15) is 0 Å². The van der Waals surface area contributed by atoms with Crippen LogP contribution < -0.4 is 10.6 Å². The average Bonchev–Trinajstić information content (AvgIpc) is 3.19. The molecule has 7 nitrogen and oxygen atoms in total. The molecule has 148 valence electrons. The summed E-state index contributed by atoms with van der Waals surface area (Å²) in [6, 6.07) is 5.17. The molecular formula is C19H29FN6O. The number of guanidine groups is 1. The Morgan fingerprint density at radius 1 is 1.33 bits per heavy atom. The van der Waals surface area contributed by atoms with Crippen LogP contribution in [0.15, 0.2) is 41.9 Å². The second-order valence-electron chi connectivity index (χ2n) is 6.26. The van der Waals surface area contributed by atoms with Gasteiger partial charge < -0.3 is 24.8 Å². The fourth-order valence-corrected chi connectivity index (χ4v) is 2.63. The summed E-state index contributed by atoms with van der Waals surface area (Å²) >= 11 is 0. The molecule has 0 fully saturated rings. The van der Waals surface area contributed by atoms with Crippen LogP contribution in [0, 0.1) is 5.82 Å². The second kappa shape index (κ2) is 11.3. The van der Waals surface area contributed by atoms with E-state index >= 15 is 0 Å². The summed E-state index contributed by atoms with van der Waals surface area (Å²) in [4.78, 5) is 10.4. The van der Waals surface area contributed by atoms with Gasteiger partial charge in [0.05, 0.1) is 12.0 Å². The van der Waals surface area contributed by atoms with Crippen LogP contribution in [0.1, 0.15) is 12.0 Å². The van der Waals surface area contributed by atoms with Crippen molar-refractivity contribution in [1.82, 2.24) is 25.1 Å². The summed E-state index contributed by atoms with van der Waals surface area (Å²) in [5.74, 6) is 0.410. The quantitative estimate of drug-likeness (QED) is 0.375. The molecule has 1 aromatic heterocycles. The molecular weight excluding hydrogens is 347 g/mol. The maximum Gasteiger partial charge on any atom is 0.191 e. The number of hydrogen-bond donors (Lipinski definition) is 2. The van der Waals surface area contributed by atoms with Gasteiger partial charge in [-0.15, -0.1) is 0 Å². The van der Waals surface area contributed by atoms with Crippen molar-refractivity contribution in [3.05, 3.63) is 48.3 Å². The second-order valence-corrected chi connectivity index (χ2v) is 6.26. The predicted octanol–water partition coefficient (Wildman–Crippen LogP) is 1.64. The number of benzene rings is 1. The molecule has 0 bridgehead atoms. The molecule has 0 saturated carbocycles. The van der Waals surface area contributed by atoms with Gasteiger partial charge in [0.15, 0.2) is 5.96 Å². The fourth-order valence-electron chi connectivity index (χ4n) is 2.63. The van der Waals surface area contributed by atoms with E-state index in [-0.39, 0.29) is 5.82 Å². The van der Waals surface area contributed by atoms with Crippen LogP contribution in [0.5, 0.6) is 0 Å². The Hall–Kier alpha value is -2.45. The maximum absolute atomic E-state index is 14.3. The van der Waals surface area contributed by atoms with Crippen molar-refractivity contribution in [2.45, 2.75) is 13.0 Å². The lowest BCUT2D eigenvalue weighted by Gasteiger charge is -2.18. The molecule has 1 heterocycles. The van der Waals surface area contributed by atoms with E-state index in [2.05, 4.69) is 32.6 Å². The van der Waals surface area contributed by atoms with E-state index in [9.17, 15) is 4.39 Å². The summed E-state index contributed by atoms with van der Waals surface area (Å²) in [6.45, 7) is 3.93. The van der Waals surface area contributed by atoms with E-state index in [1.807, 2.05) is 6.07 Å². The lowest BCUT2D eigenvalue weighted by Crippen LogP contribution is -2.40. The van der Waals surface area contributed by atoms with Gasteiger partial charge in [-0.3, -0.25) is 4.99 Å². The van der Waals surface area contributed by atoms with Crippen LogP contribution in [0.2, 0.25) is 0 Å². The zero-order valence-electron chi connectivity index (χ0n) is 16.3. The molecule has 0 atom stereocenters. The number of hydrogen-bond acceptors (Lipinski definition) is 4. The summed E-state index contributed by atoms with van der Waals surface area (Å²) in [6.07, 6.45) is 5.93. The van der Waals surface area contributed by atoms with E-state index < -0.39 is 0 Å². The summed E-state index contributed by atoms with van der Waals surface area (Å²) in [5, 5.41) is 6.48. The van der Waals surface area contributed by atoms with Gasteiger partial charge in [-0.25, -0.2) is 9.37 Å². The van der Waals surface area contributed by atoms with Crippen LogP contribution in [0.25, 0.3) is 5.69 Å². The Balaban J connectivity index is 1.76. The van der Waals surface area contributed by atoms with Crippen molar-refractivity contribution < 1.29 is 9.13 Å². The number of ether oxygens (including phenoxy) is 1. The van der Waals surface area contributed by atoms with Crippen molar-refractivity contribution in [2.24, 2.45) is 4.99 Å². The molecule has 0 aliphatic rings. The minimum absolute atomic E-state index is 0.284. The molecule has 0 aliphatic heterocycles. The van der Waals surface area contributed by atoms with E-state index in [4.69, 9.17) is 4.74 Å². The molecule has 0 saturated heterocycles. The Morgan fingerprint density at radius 2 is 2.19 bits per heavy atom. The van der Waals surface area contributed by atoms with Crippen LogP contribution in [0.4, 0.5) is 4.39 Å². The molecule has 0 spiro atoms. The highest BCUT2D eigenvalue weighted by Gasteiger charge is 2.06. The van der Waals surface area contributed by atoms with Crippen molar-refractivity contribution in [2.75, 3.05) is 47.4 Å². The molecule has 27 heavy (non-hydrogen) atoms. The van der Waals surface area contributed by atoms with Gasteiger partial charge in [-0.05, 0) is 31.2 Å². The third-order valence-electron chi connectivity index (χ3n) is 4.15. The first kappa shape index (κ1) is 20.9. The summed E-state index contributed by atoms with van der Waals surface area (Å²) < 4.78 is 21.0. The number of halogens is 1. The molecule has 0 aliphatic carbocycles. The van der Waals surface area contributed by atoms with Gasteiger partial charge in [0.2, 0.25) is 0 Å². The smallest absolute Gasteiger partial charge is 0.191 e. The van der Waals surface area contributed by atoms with E-state index in [0.717, 1.165) is 38.2 Å². The topological polar surface area (TPSA) is 66.7 Å². The molecule has 0 amide bonds. The van der Waals surface area contributed by atoms with E-state index in [1.165, 1.54) is 6.07 Å². The van der Waals surface area contributed by atoms with Crippen molar-refractivity contribution in [1.29, 1.82) is 0 Å². The van der Waals surface area contributed by atoms with Gasteiger partial charge in [0.25, 0.3) is 0 Å².